The van der Waals surface area contributed by atoms with Crippen LogP contribution in [0.3, 0.4) is 0 Å². The number of benzene rings is 1. The molecule has 128 valence electrons. The van der Waals surface area contributed by atoms with Crippen molar-refractivity contribution >= 4 is 17.6 Å². The lowest BCUT2D eigenvalue weighted by Gasteiger charge is -2.11. The SMILES string of the molecule is CCNC(=NCc1nnc2n1CCC2)NCCc1ccccc1Cl. The zero-order chi connectivity index (χ0) is 16.8. The highest BCUT2D eigenvalue weighted by Crippen LogP contribution is 2.15. The van der Waals surface area contributed by atoms with E-state index in [0.717, 1.165) is 67.1 Å². The van der Waals surface area contributed by atoms with Crippen LogP contribution in [-0.2, 0) is 25.9 Å². The lowest BCUT2D eigenvalue weighted by molar-refractivity contribution is 0.684. The third-order valence-electron chi connectivity index (χ3n) is 4.05. The summed E-state index contributed by atoms with van der Waals surface area (Å²) in [4.78, 5) is 4.63. The maximum absolute atomic E-state index is 6.19. The maximum atomic E-state index is 6.19. The van der Waals surface area contributed by atoms with Crippen molar-refractivity contribution in [3.8, 4) is 0 Å². The van der Waals surface area contributed by atoms with Crippen molar-refractivity contribution in [3.05, 3.63) is 46.5 Å². The van der Waals surface area contributed by atoms with Crippen molar-refractivity contribution in [1.82, 2.24) is 25.4 Å². The zero-order valence-corrected chi connectivity index (χ0v) is 14.7. The van der Waals surface area contributed by atoms with E-state index < -0.39 is 0 Å². The lowest BCUT2D eigenvalue weighted by Crippen LogP contribution is -2.38. The summed E-state index contributed by atoms with van der Waals surface area (Å²) in [5.74, 6) is 2.81. The zero-order valence-electron chi connectivity index (χ0n) is 13.9. The Bertz CT molecular complexity index is 709. The molecule has 0 spiro atoms. The molecule has 1 aliphatic heterocycles. The van der Waals surface area contributed by atoms with Crippen molar-refractivity contribution in [2.24, 2.45) is 4.99 Å². The first kappa shape index (κ1) is 16.8. The number of hydrogen-bond donors (Lipinski definition) is 2. The van der Waals surface area contributed by atoms with Gasteiger partial charge in [0.1, 0.15) is 12.4 Å². The molecule has 2 N–H and O–H groups in total. The minimum atomic E-state index is 0.536. The van der Waals surface area contributed by atoms with Crippen LogP contribution < -0.4 is 10.6 Å². The molecule has 0 amide bonds. The van der Waals surface area contributed by atoms with Crippen LogP contribution in [-0.4, -0.2) is 33.8 Å². The Hall–Kier alpha value is -2.08. The molecule has 0 fully saturated rings. The van der Waals surface area contributed by atoms with Gasteiger partial charge in [-0.15, -0.1) is 10.2 Å². The first-order valence-electron chi connectivity index (χ1n) is 8.44. The van der Waals surface area contributed by atoms with Gasteiger partial charge in [-0.05, 0) is 31.4 Å². The molecular formula is C17H23ClN6. The highest BCUT2D eigenvalue weighted by atomic mass is 35.5. The number of nitrogens with one attached hydrogen (secondary N) is 2. The van der Waals surface area contributed by atoms with E-state index in [-0.39, 0.29) is 0 Å². The fourth-order valence-corrected chi connectivity index (χ4v) is 3.07. The molecule has 1 aliphatic rings. The van der Waals surface area contributed by atoms with Crippen LogP contribution in [0.25, 0.3) is 0 Å². The second kappa shape index (κ2) is 8.15. The Balaban J connectivity index is 1.56. The molecule has 0 aliphatic carbocycles. The number of aliphatic imine (C=N–C) groups is 1. The summed E-state index contributed by atoms with van der Waals surface area (Å²) in [6, 6.07) is 7.92. The van der Waals surface area contributed by atoms with Gasteiger partial charge in [-0.3, -0.25) is 0 Å². The molecule has 3 rings (SSSR count). The molecule has 2 heterocycles. The van der Waals surface area contributed by atoms with Crippen LogP contribution in [0.4, 0.5) is 0 Å². The van der Waals surface area contributed by atoms with Crippen LogP contribution >= 0.6 is 11.6 Å². The largest absolute Gasteiger partial charge is 0.357 e. The minimum absolute atomic E-state index is 0.536. The van der Waals surface area contributed by atoms with Crippen LogP contribution in [0.1, 0.15) is 30.6 Å². The van der Waals surface area contributed by atoms with Gasteiger partial charge < -0.3 is 15.2 Å². The summed E-state index contributed by atoms with van der Waals surface area (Å²) in [7, 11) is 0. The third-order valence-corrected chi connectivity index (χ3v) is 4.42. The standard InChI is InChI=1S/C17H23ClN6/c1-2-19-17(20-10-9-13-6-3-4-7-14(13)18)21-12-16-23-22-15-8-5-11-24(15)16/h3-4,6-7H,2,5,8-12H2,1H3,(H2,19,20,21). The number of nitrogens with zero attached hydrogens (tertiary/aromatic N) is 4. The Kier molecular flexibility index (Phi) is 5.69. The summed E-state index contributed by atoms with van der Waals surface area (Å²) in [6.07, 6.45) is 3.02. The third kappa shape index (κ3) is 4.06. The van der Waals surface area contributed by atoms with Crippen molar-refractivity contribution < 1.29 is 0 Å². The summed E-state index contributed by atoms with van der Waals surface area (Å²) >= 11 is 6.19. The van der Waals surface area contributed by atoms with E-state index in [4.69, 9.17) is 11.6 Å². The van der Waals surface area contributed by atoms with E-state index in [1.54, 1.807) is 0 Å². The Morgan fingerprint density at radius 1 is 1.29 bits per heavy atom. The molecule has 1 aromatic carbocycles. The molecule has 2 aromatic rings. The summed E-state index contributed by atoms with van der Waals surface area (Å²) in [5, 5.41) is 15.9. The smallest absolute Gasteiger partial charge is 0.191 e. The quantitative estimate of drug-likeness (QED) is 0.621. The number of hydrogen-bond acceptors (Lipinski definition) is 3. The topological polar surface area (TPSA) is 67.1 Å². The van der Waals surface area contributed by atoms with Gasteiger partial charge >= 0.3 is 0 Å². The number of halogens is 1. The molecule has 0 unspecified atom stereocenters. The van der Waals surface area contributed by atoms with Crippen molar-refractivity contribution in [3.63, 3.8) is 0 Å². The minimum Gasteiger partial charge on any atom is -0.357 e. The van der Waals surface area contributed by atoms with E-state index in [9.17, 15) is 0 Å². The summed E-state index contributed by atoms with van der Waals surface area (Å²) in [6.45, 7) is 5.18. The monoisotopic (exact) mass is 346 g/mol. The molecule has 1 aromatic heterocycles. The highest BCUT2D eigenvalue weighted by Gasteiger charge is 2.16. The summed E-state index contributed by atoms with van der Waals surface area (Å²) < 4.78 is 2.18. The fourth-order valence-electron chi connectivity index (χ4n) is 2.84. The van der Waals surface area contributed by atoms with Gasteiger partial charge in [-0.1, -0.05) is 29.8 Å². The fraction of sp³-hybridized carbons (Fsp3) is 0.471. The van der Waals surface area contributed by atoms with E-state index in [1.165, 1.54) is 0 Å². The van der Waals surface area contributed by atoms with Gasteiger partial charge in [-0.2, -0.15) is 0 Å². The first-order chi connectivity index (χ1) is 11.8. The molecule has 24 heavy (non-hydrogen) atoms. The molecular weight excluding hydrogens is 324 g/mol. The van der Waals surface area contributed by atoms with E-state index in [0.29, 0.717) is 6.54 Å². The average Bonchev–Trinajstić information content (AvgIpc) is 3.18. The second-order valence-corrected chi connectivity index (χ2v) is 6.16. The molecule has 6 nitrogen and oxygen atoms in total. The maximum Gasteiger partial charge on any atom is 0.191 e. The number of guanidine groups is 1. The van der Waals surface area contributed by atoms with Gasteiger partial charge in [0.2, 0.25) is 0 Å². The van der Waals surface area contributed by atoms with Gasteiger partial charge in [0, 0.05) is 31.1 Å². The Morgan fingerprint density at radius 3 is 3.00 bits per heavy atom. The number of aromatic nitrogens is 3. The van der Waals surface area contributed by atoms with Crippen LogP contribution in [0.15, 0.2) is 29.3 Å². The van der Waals surface area contributed by atoms with Gasteiger partial charge in [0.15, 0.2) is 11.8 Å². The molecule has 0 bridgehead atoms. The predicted octanol–water partition coefficient (Wildman–Crippen LogP) is 2.18. The van der Waals surface area contributed by atoms with Crippen molar-refractivity contribution in [1.29, 1.82) is 0 Å². The second-order valence-electron chi connectivity index (χ2n) is 5.75. The molecule has 0 atom stereocenters. The number of aryl methyl sites for hydroxylation is 1. The first-order valence-corrected chi connectivity index (χ1v) is 8.82. The summed E-state index contributed by atoms with van der Waals surface area (Å²) in [5.41, 5.74) is 1.14. The number of rotatable bonds is 6. The molecule has 7 heteroatoms. The molecule has 0 radical (unpaired) electrons. The van der Waals surface area contributed by atoms with Gasteiger partial charge in [0.25, 0.3) is 0 Å². The average molecular weight is 347 g/mol. The van der Waals surface area contributed by atoms with Crippen LogP contribution in [0.2, 0.25) is 5.02 Å². The molecule has 0 saturated heterocycles. The Labute approximate surface area is 147 Å². The van der Waals surface area contributed by atoms with E-state index in [1.807, 2.05) is 24.3 Å². The lowest BCUT2D eigenvalue weighted by atomic mass is 10.1. The van der Waals surface area contributed by atoms with Gasteiger partial charge in [-0.25, -0.2) is 4.99 Å². The Morgan fingerprint density at radius 2 is 2.17 bits per heavy atom. The molecule has 0 saturated carbocycles. The van der Waals surface area contributed by atoms with E-state index in [2.05, 4.69) is 37.3 Å². The highest BCUT2D eigenvalue weighted by molar-refractivity contribution is 6.31. The van der Waals surface area contributed by atoms with Crippen LogP contribution in [0.5, 0.6) is 0 Å². The predicted molar refractivity (Wildman–Crippen MR) is 96.3 cm³/mol. The van der Waals surface area contributed by atoms with E-state index >= 15 is 0 Å². The normalized spacial score (nSPS) is 13.8. The van der Waals surface area contributed by atoms with Crippen molar-refractivity contribution in [2.45, 2.75) is 39.3 Å². The van der Waals surface area contributed by atoms with Crippen LogP contribution in [0, 0.1) is 0 Å². The van der Waals surface area contributed by atoms with Gasteiger partial charge in [0.05, 0.1) is 0 Å². The number of fused-ring (bicyclic) bond motifs is 1. The van der Waals surface area contributed by atoms with Crippen molar-refractivity contribution in [2.75, 3.05) is 13.1 Å².